The van der Waals surface area contributed by atoms with Crippen molar-refractivity contribution in [1.29, 1.82) is 0 Å². The van der Waals surface area contributed by atoms with Gasteiger partial charge in [0.1, 0.15) is 5.82 Å². The van der Waals surface area contributed by atoms with Crippen molar-refractivity contribution in [2.24, 2.45) is 0 Å². The van der Waals surface area contributed by atoms with Gasteiger partial charge >= 0.3 is 0 Å². The van der Waals surface area contributed by atoms with Gasteiger partial charge in [0.15, 0.2) is 6.54 Å². The number of piperidine rings is 1. The Balaban J connectivity index is 1.22. The summed E-state index contributed by atoms with van der Waals surface area (Å²) in [6, 6.07) is 11.9. The summed E-state index contributed by atoms with van der Waals surface area (Å²) in [6.07, 6.45) is 5.09. The highest BCUT2D eigenvalue weighted by Gasteiger charge is 2.25. The van der Waals surface area contributed by atoms with E-state index in [1.54, 1.807) is 0 Å². The van der Waals surface area contributed by atoms with Crippen molar-refractivity contribution in [2.45, 2.75) is 38.1 Å². The highest BCUT2D eigenvalue weighted by atomic mass is 19.1. The maximum absolute atomic E-state index is 13.0. The largest absolute Gasteiger partial charge is 0.349 e. The summed E-state index contributed by atoms with van der Waals surface area (Å²) in [5, 5.41) is 6.05. The van der Waals surface area contributed by atoms with Crippen LogP contribution < -0.4 is 15.5 Å². The fourth-order valence-electron chi connectivity index (χ4n) is 4.30. The summed E-state index contributed by atoms with van der Waals surface area (Å²) < 4.78 is 13.0. The lowest BCUT2D eigenvalue weighted by Gasteiger charge is -2.29. The Morgan fingerprint density at radius 1 is 1.00 bits per heavy atom. The number of nitrogens with one attached hydrogen (secondary N) is 3. The van der Waals surface area contributed by atoms with Gasteiger partial charge in [-0.15, -0.1) is 0 Å². The molecule has 5 nitrogen and oxygen atoms in total. The molecule has 0 atom stereocenters. The first-order valence-electron chi connectivity index (χ1n) is 10.4. The zero-order chi connectivity index (χ0) is 20.2. The zero-order valence-corrected chi connectivity index (χ0v) is 16.5. The highest BCUT2D eigenvalue weighted by Crippen LogP contribution is 2.24. The molecular weight excluding hydrogens is 369 g/mol. The summed E-state index contributed by atoms with van der Waals surface area (Å²) >= 11 is 0. The van der Waals surface area contributed by atoms with Crippen LogP contribution in [-0.4, -0.2) is 37.5 Å². The van der Waals surface area contributed by atoms with Crippen LogP contribution in [0.15, 0.2) is 42.5 Å². The number of quaternary nitrogens is 1. The smallest absolute Gasteiger partial charge is 0.279 e. The van der Waals surface area contributed by atoms with Gasteiger partial charge in [-0.25, -0.2) is 4.39 Å². The number of amides is 2. The SMILES string of the molecule is O=C(C[NH+]1CCC(NC(=O)c2ccc(F)cc2)CC1)Nc1ccc2c(c1)CCC2. The number of anilines is 1. The number of hydrogen-bond donors (Lipinski definition) is 3. The van der Waals surface area contributed by atoms with Crippen LogP contribution in [0.25, 0.3) is 0 Å². The lowest BCUT2D eigenvalue weighted by molar-refractivity contribution is -0.897. The Kier molecular flexibility index (Phi) is 5.90. The Hall–Kier alpha value is -2.73. The first kappa shape index (κ1) is 19.6. The van der Waals surface area contributed by atoms with Crippen molar-refractivity contribution in [1.82, 2.24) is 5.32 Å². The molecule has 2 aromatic rings. The van der Waals surface area contributed by atoms with Crippen LogP contribution in [0.3, 0.4) is 0 Å². The second kappa shape index (κ2) is 8.74. The lowest BCUT2D eigenvalue weighted by atomic mass is 10.0. The molecule has 4 rings (SSSR count). The predicted molar refractivity (Wildman–Crippen MR) is 110 cm³/mol. The van der Waals surface area contributed by atoms with Crippen molar-refractivity contribution < 1.29 is 18.9 Å². The highest BCUT2D eigenvalue weighted by molar-refractivity contribution is 5.94. The third-order valence-corrected chi connectivity index (χ3v) is 5.93. The Labute approximate surface area is 170 Å². The number of rotatable bonds is 5. The molecule has 2 aliphatic rings. The molecule has 0 unspecified atom stereocenters. The van der Waals surface area contributed by atoms with Crippen LogP contribution in [0.1, 0.15) is 40.7 Å². The topological polar surface area (TPSA) is 62.6 Å². The number of carbonyl (C=O) groups is 2. The quantitative estimate of drug-likeness (QED) is 0.721. The molecule has 1 heterocycles. The molecule has 152 valence electrons. The van der Waals surface area contributed by atoms with Crippen LogP contribution >= 0.6 is 0 Å². The molecule has 3 N–H and O–H groups in total. The van der Waals surface area contributed by atoms with E-state index < -0.39 is 0 Å². The molecule has 0 spiro atoms. The minimum atomic E-state index is -0.350. The van der Waals surface area contributed by atoms with Crippen LogP contribution in [0.4, 0.5) is 10.1 Å². The second-order valence-corrected chi connectivity index (χ2v) is 8.07. The Morgan fingerprint density at radius 2 is 1.72 bits per heavy atom. The average molecular weight is 396 g/mol. The second-order valence-electron chi connectivity index (χ2n) is 8.07. The van der Waals surface area contributed by atoms with Gasteiger partial charge in [-0.2, -0.15) is 0 Å². The number of fused-ring (bicyclic) bond motifs is 1. The van der Waals surface area contributed by atoms with Crippen LogP contribution in [0, 0.1) is 5.82 Å². The number of halogens is 1. The fourth-order valence-corrected chi connectivity index (χ4v) is 4.30. The standard InChI is InChI=1S/C23H26FN3O2/c24-19-7-4-17(5-8-19)23(29)26-20-10-12-27(13-11-20)15-22(28)25-21-9-6-16-2-1-3-18(16)14-21/h4-9,14,20H,1-3,10-13,15H2,(H,25,28)(H,26,29)/p+1. The molecule has 6 heteroatoms. The van der Waals surface area contributed by atoms with Gasteiger partial charge in [-0.1, -0.05) is 6.07 Å². The van der Waals surface area contributed by atoms with Crippen molar-refractivity contribution in [3.63, 3.8) is 0 Å². The van der Waals surface area contributed by atoms with E-state index in [1.807, 2.05) is 6.07 Å². The Bertz CT molecular complexity index is 889. The van der Waals surface area contributed by atoms with E-state index in [0.29, 0.717) is 12.1 Å². The van der Waals surface area contributed by atoms with Gasteiger partial charge in [0.05, 0.1) is 13.1 Å². The van der Waals surface area contributed by atoms with E-state index in [9.17, 15) is 14.0 Å². The molecule has 2 aromatic carbocycles. The average Bonchev–Trinajstić information content (AvgIpc) is 3.18. The maximum Gasteiger partial charge on any atom is 0.279 e. The fraction of sp³-hybridized carbons (Fsp3) is 0.391. The minimum absolute atomic E-state index is 0.0340. The van der Waals surface area contributed by atoms with Gasteiger partial charge in [0, 0.05) is 30.1 Å². The number of hydrogen-bond acceptors (Lipinski definition) is 2. The zero-order valence-electron chi connectivity index (χ0n) is 16.5. The third-order valence-electron chi connectivity index (χ3n) is 5.93. The van der Waals surface area contributed by atoms with Crippen molar-refractivity contribution in [3.8, 4) is 0 Å². The van der Waals surface area contributed by atoms with Crippen LogP contribution in [0.2, 0.25) is 0 Å². The minimum Gasteiger partial charge on any atom is -0.349 e. The van der Waals surface area contributed by atoms with Gasteiger partial charge in [0.2, 0.25) is 0 Å². The summed E-state index contributed by atoms with van der Waals surface area (Å²) in [4.78, 5) is 25.9. The van der Waals surface area contributed by atoms with Crippen molar-refractivity contribution in [3.05, 3.63) is 65.0 Å². The van der Waals surface area contributed by atoms with Crippen molar-refractivity contribution >= 4 is 17.5 Å². The van der Waals surface area contributed by atoms with Gasteiger partial charge in [-0.3, -0.25) is 9.59 Å². The molecule has 0 bridgehead atoms. The maximum atomic E-state index is 13.0. The molecular formula is C23H27FN3O2+. The van der Waals surface area contributed by atoms with Gasteiger partial charge < -0.3 is 15.5 Å². The van der Waals surface area contributed by atoms with E-state index in [4.69, 9.17) is 0 Å². The molecule has 0 radical (unpaired) electrons. The van der Waals surface area contributed by atoms with Gasteiger partial charge in [0.25, 0.3) is 11.8 Å². The summed E-state index contributed by atoms with van der Waals surface area (Å²) in [5.74, 6) is -0.490. The number of likely N-dealkylation sites (tertiary alicyclic amines) is 1. The molecule has 1 aliphatic heterocycles. The summed E-state index contributed by atoms with van der Waals surface area (Å²) in [7, 11) is 0. The van der Waals surface area contributed by atoms with E-state index in [2.05, 4.69) is 22.8 Å². The van der Waals surface area contributed by atoms with E-state index >= 15 is 0 Å². The van der Waals surface area contributed by atoms with E-state index in [-0.39, 0.29) is 23.7 Å². The molecule has 1 saturated heterocycles. The summed E-state index contributed by atoms with van der Waals surface area (Å²) in [6.45, 7) is 2.12. The third kappa shape index (κ3) is 5.01. The molecule has 0 saturated carbocycles. The summed E-state index contributed by atoms with van der Waals surface area (Å²) in [5.41, 5.74) is 4.11. The molecule has 2 amide bonds. The Morgan fingerprint density at radius 3 is 2.48 bits per heavy atom. The first-order valence-corrected chi connectivity index (χ1v) is 10.4. The number of carbonyl (C=O) groups excluding carboxylic acids is 2. The van der Waals surface area contributed by atoms with Gasteiger partial charge in [-0.05, 0) is 66.8 Å². The lowest BCUT2D eigenvalue weighted by Crippen LogP contribution is -3.14. The molecule has 1 aliphatic carbocycles. The molecule has 0 aromatic heterocycles. The predicted octanol–water partition coefficient (Wildman–Crippen LogP) is 1.73. The van der Waals surface area contributed by atoms with E-state index in [1.165, 1.54) is 46.7 Å². The van der Waals surface area contributed by atoms with Crippen LogP contribution in [0.5, 0.6) is 0 Å². The monoisotopic (exact) mass is 396 g/mol. The number of benzene rings is 2. The van der Waals surface area contributed by atoms with Crippen molar-refractivity contribution in [2.75, 3.05) is 25.0 Å². The van der Waals surface area contributed by atoms with E-state index in [0.717, 1.165) is 44.5 Å². The molecule has 1 fully saturated rings. The normalized spacial score (nSPS) is 20.7. The molecule has 29 heavy (non-hydrogen) atoms. The van der Waals surface area contributed by atoms with Crippen LogP contribution in [-0.2, 0) is 17.6 Å². The number of aryl methyl sites for hydroxylation is 2. The first-order chi connectivity index (χ1) is 14.1.